The fraction of sp³-hybridized carbons (Fsp3) is 1.00. The lowest BCUT2D eigenvalue weighted by Crippen LogP contribution is -2.49. The summed E-state index contributed by atoms with van der Waals surface area (Å²) >= 11 is 0. The summed E-state index contributed by atoms with van der Waals surface area (Å²) < 4.78 is 51.1. The second-order valence-corrected chi connectivity index (χ2v) is 9.55. The van der Waals surface area contributed by atoms with E-state index in [1.54, 1.807) is 0 Å². The van der Waals surface area contributed by atoms with Gasteiger partial charge in [0.15, 0.2) is 9.84 Å². The molecule has 2 rings (SSSR count). The van der Waals surface area contributed by atoms with Crippen LogP contribution in [-0.4, -0.2) is 65.4 Å². The molecule has 2 aliphatic heterocycles. The standard InChI is InChI=1S/C11H23N3O4S2/c1-12-8-10-2-5-14(6-3-10)20(17,18)13-11-4-7-19(15,16)9-11/h10-13H,2-9H2,1H3. The Bertz CT molecular complexity index is 524. The summed E-state index contributed by atoms with van der Waals surface area (Å²) in [6.07, 6.45) is 2.05. The summed E-state index contributed by atoms with van der Waals surface area (Å²) in [7, 11) is -4.73. The van der Waals surface area contributed by atoms with Crippen LogP contribution >= 0.6 is 0 Å². The molecule has 2 heterocycles. The average Bonchev–Trinajstić information content (AvgIpc) is 2.69. The molecule has 1 unspecified atom stereocenters. The molecule has 2 aliphatic rings. The molecule has 0 saturated carbocycles. The fourth-order valence-electron chi connectivity index (χ4n) is 2.82. The molecule has 0 aliphatic carbocycles. The Morgan fingerprint density at radius 1 is 1.20 bits per heavy atom. The molecule has 1 atom stereocenters. The first-order valence-corrected chi connectivity index (χ1v) is 10.2. The first-order chi connectivity index (χ1) is 9.32. The van der Waals surface area contributed by atoms with Crippen molar-refractivity contribution in [3.8, 4) is 0 Å². The van der Waals surface area contributed by atoms with E-state index in [0.29, 0.717) is 25.4 Å². The van der Waals surface area contributed by atoms with Gasteiger partial charge < -0.3 is 5.32 Å². The largest absolute Gasteiger partial charge is 0.319 e. The van der Waals surface area contributed by atoms with E-state index in [9.17, 15) is 16.8 Å². The van der Waals surface area contributed by atoms with Crippen LogP contribution in [0.4, 0.5) is 0 Å². The topological polar surface area (TPSA) is 95.6 Å². The zero-order valence-electron chi connectivity index (χ0n) is 11.7. The second kappa shape index (κ2) is 6.27. The second-order valence-electron chi connectivity index (χ2n) is 5.62. The van der Waals surface area contributed by atoms with Gasteiger partial charge in [0.25, 0.3) is 10.2 Å². The highest BCUT2D eigenvalue weighted by atomic mass is 32.2. The Labute approximate surface area is 121 Å². The van der Waals surface area contributed by atoms with Crippen LogP contribution in [0.5, 0.6) is 0 Å². The van der Waals surface area contributed by atoms with Gasteiger partial charge in [-0.3, -0.25) is 0 Å². The molecule has 2 saturated heterocycles. The van der Waals surface area contributed by atoms with E-state index < -0.39 is 26.1 Å². The maximum Gasteiger partial charge on any atom is 0.279 e. The van der Waals surface area contributed by atoms with Gasteiger partial charge in [0.05, 0.1) is 11.5 Å². The Morgan fingerprint density at radius 3 is 2.35 bits per heavy atom. The van der Waals surface area contributed by atoms with Crippen molar-refractivity contribution in [3.05, 3.63) is 0 Å². The molecule has 0 spiro atoms. The van der Waals surface area contributed by atoms with Gasteiger partial charge in [-0.05, 0) is 38.8 Å². The number of hydrogen-bond acceptors (Lipinski definition) is 5. The van der Waals surface area contributed by atoms with Crippen molar-refractivity contribution in [2.45, 2.75) is 25.3 Å². The minimum Gasteiger partial charge on any atom is -0.319 e. The minimum absolute atomic E-state index is 0.0738. The molecular weight excluding hydrogens is 302 g/mol. The van der Waals surface area contributed by atoms with Gasteiger partial charge in [-0.15, -0.1) is 0 Å². The summed E-state index contributed by atoms with van der Waals surface area (Å²) in [5, 5.41) is 3.11. The van der Waals surface area contributed by atoms with Crippen LogP contribution in [0.15, 0.2) is 0 Å². The first kappa shape index (κ1) is 16.2. The minimum atomic E-state index is -3.56. The Balaban J connectivity index is 1.89. The van der Waals surface area contributed by atoms with Crippen LogP contribution in [0.1, 0.15) is 19.3 Å². The average molecular weight is 325 g/mol. The van der Waals surface area contributed by atoms with Crippen molar-refractivity contribution in [1.29, 1.82) is 0 Å². The van der Waals surface area contributed by atoms with Crippen LogP contribution in [0.25, 0.3) is 0 Å². The summed E-state index contributed by atoms with van der Waals surface area (Å²) in [6, 6.07) is -0.472. The molecule has 0 radical (unpaired) electrons. The SMILES string of the molecule is CNCC1CCN(S(=O)(=O)NC2CCS(=O)(=O)C2)CC1. The van der Waals surface area contributed by atoms with Gasteiger partial charge in [-0.25, -0.2) is 8.42 Å². The predicted molar refractivity (Wildman–Crippen MR) is 77.3 cm³/mol. The van der Waals surface area contributed by atoms with Gasteiger partial charge in [0.2, 0.25) is 0 Å². The Morgan fingerprint density at radius 2 is 1.85 bits per heavy atom. The van der Waals surface area contributed by atoms with Crippen LogP contribution < -0.4 is 10.0 Å². The molecule has 2 fully saturated rings. The highest BCUT2D eigenvalue weighted by Gasteiger charge is 2.34. The number of rotatable bonds is 5. The first-order valence-electron chi connectivity index (χ1n) is 6.95. The number of sulfone groups is 1. The van der Waals surface area contributed by atoms with Crippen molar-refractivity contribution in [2.75, 3.05) is 38.2 Å². The predicted octanol–water partition coefficient (Wildman–Crippen LogP) is -1.06. The smallest absolute Gasteiger partial charge is 0.279 e. The van der Waals surface area contributed by atoms with Crippen molar-refractivity contribution in [2.24, 2.45) is 5.92 Å². The van der Waals surface area contributed by atoms with Crippen LogP contribution in [0.3, 0.4) is 0 Å². The third-order valence-electron chi connectivity index (χ3n) is 3.95. The molecule has 0 aromatic carbocycles. The molecule has 9 heteroatoms. The monoisotopic (exact) mass is 325 g/mol. The van der Waals surface area contributed by atoms with Gasteiger partial charge in [-0.1, -0.05) is 0 Å². The van der Waals surface area contributed by atoms with E-state index in [2.05, 4.69) is 10.0 Å². The van der Waals surface area contributed by atoms with E-state index in [1.807, 2.05) is 7.05 Å². The zero-order chi connectivity index (χ0) is 14.8. The summed E-state index contributed by atoms with van der Waals surface area (Å²) in [6.45, 7) is 1.91. The van der Waals surface area contributed by atoms with E-state index in [0.717, 1.165) is 19.4 Å². The van der Waals surface area contributed by atoms with Crippen LogP contribution in [0.2, 0.25) is 0 Å². The fourth-order valence-corrected chi connectivity index (χ4v) is 6.06. The van der Waals surface area contributed by atoms with Gasteiger partial charge >= 0.3 is 0 Å². The van der Waals surface area contributed by atoms with Crippen molar-refractivity contribution in [3.63, 3.8) is 0 Å². The third-order valence-corrected chi connectivity index (χ3v) is 7.40. The molecule has 20 heavy (non-hydrogen) atoms. The molecule has 0 aromatic heterocycles. The highest BCUT2D eigenvalue weighted by molar-refractivity contribution is 7.91. The summed E-state index contributed by atoms with van der Waals surface area (Å²) in [5.41, 5.74) is 0. The third kappa shape index (κ3) is 4.14. The number of piperidine rings is 1. The lowest BCUT2D eigenvalue weighted by atomic mass is 9.98. The zero-order valence-corrected chi connectivity index (χ0v) is 13.3. The van der Waals surface area contributed by atoms with Gasteiger partial charge in [0.1, 0.15) is 0 Å². The molecule has 0 aromatic rings. The number of hydrogen-bond donors (Lipinski definition) is 2. The lowest BCUT2D eigenvalue weighted by molar-refractivity contribution is 0.267. The molecule has 0 bridgehead atoms. The van der Waals surface area contributed by atoms with E-state index in [4.69, 9.17) is 0 Å². The van der Waals surface area contributed by atoms with Crippen molar-refractivity contribution >= 4 is 20.0 Å². The van der Waals surface area contributed by atoms with Crippen LogP contribution in [0, 0.1) is 5.92 Å². The molecule has 0 amide bonds. The van der Waals surface area contributed by atoms with E-state index >= 15 is 0 Å². The molecule has 7 nitrogen and oxygen atoms in total. The number of nitrogens with one attached hydrogen (secondary N) is 2. The highest BCUT2D eigenvalue weighted by Crippen LogP contribution is 2.20. The normalized spacial score (nSPS) is 28.8. The van der Waals surface area contributed by atoms with E-state index in [1.165, 1.54) is 4.31 Å². The van der Waals surface area contributed by atoms with Gasteiger partial charge in [0, 0.05) is 19.1 Å². The Hall–Kier alpha value is -0.220. The van der Waals surface area contributed by atoms with Crippen molar-refractivity contribution in [1.82, 2.24) is 14.3 Å². The number of nitrogens with zero attached hydrogens (tertiary/aromatic N) is 1. The maximum absolute atomic E-state index is 12.2. The summed E-state index contributed by atoms with van der Waals surface area (Å²) in [5.74, 6) is 0.505. The Kier molecular flexibility index (Phi) is 5.06. The van der Waals surface area contributed by atoms with Gasteiger partial charge in [-0.2, -0.15) is 17.4 Å². The quantitative estimate of drug-likeness (QED) is 0.672. The van der Waals surface area contributed by atoms with Crippen molar-refractivity contribution < 1.29 is 16.8 Å². The molecule has 118 valence electrons. The molecular formula is C11H23N3O4S2. The van der Waals surface area contributed by atoms with E-state index in [-0.39, 0.29) is 11.5 Å². The lowest BCUT2D eigenvalue weighted by Gasteiger charge is -2.31. The molecule has 2 N–H and O–H groups in total. The van der Waals surface area contributed by atoms with Crippen LogP contribution in [-0.2, 0) is 20.0 Å². The summed E-state index contributed by atoms with van der Waals surface area (Å²) in [4.78, 5) is 0. The maximum atomic E-state index is 12.2.